The van der Waals surface area contributed by atoms with Crippen LogP contribution in [0.5, 0.6) is 0 Å². The molecule has 30 heavy (non-hydrogen) atoms. The predicted octanol–water partition coefficient (Wildman–Crippen LogP) is 5.04. The number of H-pyrrole nitrogens is 1. The maximum Gasteiger partial charge on any atom is 0.228 e. The van der Waals surface area contributed by atoms with E-state index < -0.39 is 0 Å². The van der Waals surface area contributed by atoms with Gasteiger partial charge in [-0.2, -0.15) is 0 Å². The first kappa shape index (κ1) is 18.8. The molecule has 4 aromatic heterocycles. The van der Waals surface area contributed by atoms with Crippen LogP contribution in [0.25, 0.3) is 45.0 Å². The van der Waals surface area contributed by atoms with Crippen LogP contribution >= 0.6 is 11.6 Å². The Balaban J connectivity index is 1.58. The molecule has 0 aliphatic rings. The quantitative estimate of drug-likeness (QED) is 0.415. The number of aromatic nitrogens is 5. The van der Waals surface area contributed by atoms with E-state index in [0.717, 1.165) is 28.5 Å². The van der Waals surface area contributed by atoms with E-state index in [9.17, 15) is 5.11 Å². The Hall–Kier alpha value is -3.16. The zero-order chi connectivity index (χ0) is 20.8. The minimum atomic E-state index is -0.0750. The molecule has 0 fully saturated rings. The van der Waals surface area contributed by atoms with E-state index in [1.54, 1.807) is 12.5 Å². The molecule has 0 unspecified atom stereocenters. The van der Waals surface area contributed by atoms with Crippen LogP contribution in [0.3, 0.4) is 0 Å². The maximum atomic E-state index is 9.30. The van der Waals surface area contributed by atoms with Crippen LogP contribution in [0.4, 0.5) is 0 Å². The highest BCUT2D eigenvalue weighted by Gasteiger charge is 2.18. The zero-order valence-corrected chi connectivity index (χ0v) is 17.3. The third kappa shape index (κ3) is 3.26. The Kier molecular flexibility index (Phi) is 4.56. The molecule has 0 amide bonds. The highest BCUT2D eigenvalue weighted by molar-refractivity contribution is 6.31. The third-order valence-electron chi connectivity index (χ3n) is 4.96. The van der Waals surface area contributed by atoms with Crippen molar-refractivity contribution >= 4 is 33.7 Å². The summed E-state index contributed by atoms with van der Waals surface area (Å²) in [4.78, 5) is 16.6. The Labute approximate surface area is 177 Å². The summed E-state index contributed by atoms with van der Waals surface area (Å²) < 4.78 is 8.03. The van der Waals surface area contributed by atoms with Crippen molar-refractivity contribution in [2.24, 2.45) is 5.92 Å². The molecule has 0 saturated heterocycles. The number of aliphatic hydroxyl groups is 1. The second kappa shape index (κ2) is 7.27. The van der Waals surface area contributed by atoms with E-state index in [1.165, 1.54) is 0 Å². The minimum absolute atomic E-state index is 0.0750. The largest absolute Gasteiger partial charge is 0.444 e. The fraction of sp³-hybridized carbons (Fsp3) is 0.227. The Morgan fingerprint density at radius 1 is 1.23 bits per heavy atom. The molecule has 0 aliphatic carbocycles. The maximum absolute atomic E-state index is 9.30. The molecule has 5 aromatic rings. The summed E-state index contributed by atoms with van der Waals surface area (Å²) in [5, 5.41) is 11.0. The summed E-state index contributed by atoms with van der Waals surface area (Å²) in [6, 6.07) is 7.68. The number of nitrogens with one attached hydrogen (secondary N) is 1. The predicted molar refractivity (Wildman–Crippen MR) is 116 cm³/mol. The van der Waals surface area contributed by atoms with Crippen molar-refractivity contribution in [2.45, 2.75) is 27.0 Å². The van der Waals surface area contributed by atoms with E-state index in [2.05, 4.69) is 44.5 Å². The lowest BCUT2D eigenvalue weighted by Crippen LogP contribution is -2.02. The average molecular weight is 422 g/mol. The smallest absolute Gasteiger partial charge is 0.228 e. The van der Waals surface area contributed by atoms with Gasteiger partial charge in [-0.1, -0.05) is 25.4 Å². The molecular formula is C22H20ClN5O2. The van der Waals surface area contributed by atoms with Gasteiger partial charge in [0.25, 0.3) is 0 Å². The minimum Gasteiger partial charge on any atom is -0.444 e. The van der Waals surface area contributed by atoms with E-state index in [1.807, 2.05) is 24.3 Å². The number of imidazole rings is 1. The fourth-order valence-electron chi connectivity index (χ4n) is 3.64. The monoisotopic (exact) mass is 421 g/mol. The molecule has 0 aliphatic heterocycles. The van der Waals surface area contributed by atoms with Crippen LogP contribution in [0.2, 0.25) is 5.02 Å². The number of nitrogens with zero attached hydrogens (tertiary/aromatic N) is 4. The van der Waals surface area contributed by atoms with Crippen molar-refractivity contribution in [3.05, 3.63) is 53.5 Å². The molecule has 2 N–H and O–H groups in total. The van der Waals surface area contributed by atoms with Gasteiger partial charge < -0.3 is 19.1 Å². The average Bonchev–Trinajstić information content (AvgIpc) is 3.43. The Bertz CT molecular complexity index is 1360. The van der Waals surface area contributed by atoms with Gasteiger partial charge in [0.2, 0.25) is 5.89 Å². The van der Waals surface area contributed by atoms with Gasteiger partial charge in [-0.25, -0.2) is 15.0 Å². The first-order valence-electron chi connectivity index (χ1n) is 9.72. The van der Waals surface area contributed by atoms with Gasteiger partial charge in [-0.3, -0.25) is 0 Å². The van der Waals surface area contributed by atoms with E-state index in [-0.39, 0.29) is 6.61 Å². The van der Waals surface area contributed by atoms with Crippen LogP contribution < -0.4 is 0 Å². The Morgan fingerprint density at radius 2 is 2.10 bits per heavy atom. The molecule has 8 heteroatoms. The van der Waals surface area contributed by atoms with Crippen molar-refractivity contribution in [3.8, 4) is 23.0 Å². The molecule has 4 heterocycles. The first-order chi connectivity index (χ1) is 14.5. The first-order valence-corrected chi connectivity index (χ1v) is 10.1. The molecule has 0 spiro atoms. The normalized spacial score (nSPS) is 11.9. The molecule has 0 atom stereocenters. The number of aliphatic hydroxyl groups excluding tert-OH is 1. The highest BCUT2D eigenvalue weighted by atomic mass is 35.5. The van der Waals surface area contributed by atoms with E-state index >= 15 is 0 Å². The lowest BCUT2D eigenvalue weighted by molar-refractivity contribution is 0.281. The number of pyridine rings is 1. The van der Waals surface area contributed by atoms with Gasteiger partial charge in [0.05, 0.1) is 17.7 Å². The fourth-order valence-corrected chi connectivity index (χ4v) is 3.81. The number of halogens is 1. The van der Waals surface area contributed by atoms with Gasteiger partial charge >= 0.3 is 0 Å². The number of aromatic amines is 1. The number of hydrogen-bond acceptors (Lipinski definition) is 5. The van der Waals surface area contributed by atoms with Crippen molar-refractivity contribution in [1.29, 1.82) is 0 Å². The molecule has 0 saturated carbocycles. The van der Waals surface area contributed by atoms with Crippen molar-refractivity contribution in [3.63, 3.8) is 0 Å². The number of rotatable bonds is 5. The summed E-state index contributed by atoms with van der Waals surface area (Å²) in [6.45, 7) is 5.17. The van der Waals surface area contributed by atoms with Crippen LogP contribution in [-0.4, -0.2) is 29.6 Å². The lowest BCUT2D eigenvalue weighted by atomic mass is 10.2. The number of hydrogen-bond donors (Lipinski definition) is 2. The lowest BCUT2D eigenvalue weighted by Gasteiger charge is -2.07. The SMILES string of the molecule is CC(C)Cn1cc(-c2nc(-c3nc4ncc(CO)cc4[nH]3)co2)c2cc(Cl)ccc21. The molecule has 1 aromatic carbocycles. The molecule has 152 valence electrons. The summed E-state index contributed by atoms with van der Waals surface area (Å²) >= 11 is 6.26. The summed E-state index contributed by atoms with van der Waals surface area (Å²) in [5.41, 5.74) is 4.57. The molecule has 0 bridgehead atoms. The third-order valence-corrected chi connectivity index (χ3v) is 5.19. The second-order valence-corrected chi connectivity index (χ2v) is 8.18. The standard InChI is InChI=1S/C22H20ClN5O2/c1-12(2)8-28-9-16(15-6-14(23)3-4-19(15)28)22-26-18(11-30-22)21-25-17-5-13(10-29)7-24-20(17)27-21/h3-7,9,11-12,29H,8,10H2,1-2H3,(H,24,25,27). The molecular weight excluding hydrogens is 402 g/mol. The summed E-state index contributed by atoms with van der Waals surface area (Å²) in [6.07, 6.45) is 5.25. The van der Waals surface area contributed by atoms with Crippen LogP contribution in [0.1, 0.15) is 19.4 Å². The van der Waals surface area contributed by atoms with Gasteiger partial charge in [0, 0.05) is 34.9 Å². The zero-order valence-electron chi connectivity index (χ0n) is 16.6. The number of fused-ring (bicyclic) bond motifs is 2. The van der Waals surface area contributed by atoms with E-state index in [4.69, 9.17) is 16.0 Å². The van der Waals surface area contributed by atoms with Crippen molar-refractivity contribution in [1.82, 2.24) is 24.5 Å². The van der Waals surface area contributed by atoms with E-state index in [0.29, 0.717) is 39.6 Å². The van der Waals surface area contributed by atoms with Crippen LogP contribution in [0, 0.1) is 5.92 Å². The van der Waals surface area contributed by atoms with Crippen LogP contribution in [0.15, 0.2) is 47.3 Å². The Morgan fingerprint density at radius 3 is 2.90 bits per heavy atom. The van der Waals surface area contributed by atoms with Gasteiger partial charge in [0.15, 0.2) is 11.5 Å². The van der Waals surface area contributed by atoms with Gasteiger partial charge in [-0.15, -0.1) is 0 Å². The van der Waals surface area contributed by atoms with Crippen molar-refractivity contribution < 1.29 is 9.52 Å². The molecule has 5 rings (SSSR count). The molecule has 7 nitrogen and oxygen atoms in total. The van der Waals surface area contributed by atoms with Gasteiger partial charge in [-0.05, 0) is 35.7 Å². The number of oxazole rings is 1. The number of benzene rings is 1. The topological polar surface area (TPSA) is 92.8 Å². The summed E-state index contributed by atoms with van der Waals surface area (Å²) in [7, 11) is 0. The van der Waals surface area contributed by atoms with Crippen LogP contribution in [-0.2, 0) is 13.2 Å². The highest BCUT2D eigenvalue weighted by Crippen LogP contribution is 2.34. The summed E-state index contributed by atoms with van der Waals surface area (Å²) in [5.74, 6) is 1.56. The van der Waals surface area contributed by atoms with Crippen molar-refractivity contribution in [2.75, 3.05) is 0 Å². The second-order valence-electron chi connectivity index (χ2n) is 7.75. The molecule has 0 radical (unpaired) electrons. The van der Waals surface area contributed by atoms with Gasteiger partial charge in [0.1, 0.15) is 12.0 Å².